The van der Waals surface area contributed by atoms with Crippen molar-refractivity contribution >= 4 is 5.97 Å². The van der Waals surface area contributed by atoms with E-state index in [0.29, 0.717) is 12.8 Å². The molecule has 0 aliphatic rings. The minimum Gasteiger partial charge on any atom is -0.459 e. The highest BCUT2D eigenvalue weighted by molar-refractivity contribution is 5.69. The van der Waals surface area contributed by atoms with E-state index >= 15 is 0 Å². The largest absolute Gasteiger partial charge is 0.459 e. The third-order valence-corrected chi connectivity index (χ3v) is 4.38. The molecule has 0 unspecified atom stereocenters. The molecule has 0 saturated heterocycles. The van der Waals surface area contributed by atoms with Crippen molar-refractivity contribution in [2.75, 3.05) is 6.61 Å². The van der Waals surface area contributed by atoms with Crippen LogP contribution in [-0.2, 0) is 9.53 Å². The van der Waals surface area contributed by atoms with Crippen molar-refractivity contribution in [3.63, 3.8) is 0 Å². The van der Waals surface area contributed by atoms with E-state index < -0.39 is 66.9 Å². The first-order chi connectivity index (χ1) is 14.9. The molecule has 0 aliphatic heterocycles. The van der Waals surface area contributed by atoms with Gasteiger partial charge in [-0.15, -0.1) is 0 Å². The van der Waals surface area contributed by atoms with Crippen LogP contribution in [0.5, 0.6) is 0 Å². The van der Waals surface area contributed by atoms with Crippen molar-refractivity contribution in [2.24, 2.45) is 0 Å². The Bertz CT molecular complexity index is 688. The average Bonchev–Trinajstić information content (AvgIpc) is 2.68. The highest BCUT2D eigenvalue weighted by Gasteiger charge is 2.93. The van der Waals surface area contributed by atoms with Crippen LogP contribution in [0.3, 0.4) is 0 Å². The summed E-state index contributed by atoms with van der Waals surface area (Å²) in [6.45, 7) is -1.43. The van der Waals surface area contributed by atoms with E-state index in [2.05, 4.69) is 4.74 Å². The third kappa shape index (κ3) is 5.28. The van der Waals surface area contributed by atoms with Gasteiger partial charge in [0.15, 0.2) is 6.61 Å². The number of carbonyl (C=O) groups excluding carboxylic acids is 1. The predicted molar refractivity (Wildman–Crippen MR) is 80.4 cm³/mol. The van der Waals surface area contributed by atoms with Crippen molar-refractivity contribution in [3.05, 3.63) is 0 Å². The lowest BCUT2D eigenvalue weighted by Crippen LogP contribution is -2.74. The summed E-state index contributed by atoms with van der Waals surface area (Å²) in [7, 11) is 0. The molecule has 0 rings (SSSR count). The van der Waals surface area contributed by atoms with E-state index in [1.807, 2.05) is 0 Å². The molecule has 0 radical (unpaired) electrons. The molecule has 0 amide bonds. The molecule has 0 spiro atoms. The summed E-state index contributed by atoms with van der Waals surface area (Å²) >= 11 is 0. The van der Waals surface area contributed by atoms with Gasteiger partial charge in [-0.3, -0.25) is 4.79 Å². The second kappa shape index (κ2) is 10.1. The zero-order chi connectivity index (χ0) is 27.6. The SMILES string of the molecule is CCCCCCC(=O)OCC(F)(F)C(F)(F)C(F)(F)C(F)(F)C(F)(F)C(F)(F)C(F)(F)C(F)F. The van der Waals surface area contributed by atoms with Gasteiger partial charge in [0, 0.05) is 6.42 Å². The molecular weight excluding hydrogens is 528 g/mol. The van der Waals surface area contributed by atoms with Gasteiger partial charge in [-0.1, -0.05) is 26.2 Å². The maximum atomic E-state index is 13.6. The van der Waals surface area contributed by atoms with Crippen molar-refractivity contribution in [3.8, 4) is 0 Å². The molecule has 0 aliphatic carbocycles. The first-order valence-electron chi connectivity index (χ1n) is 8.98. The number of hydrogen-bond donors (Lipinski definition) is 0. The monoisotopic (exact) mass is 544 g/mol. The fourth-order valence-corrected chi connectivity index (χ4v) is 2.20. The van der Waals surface area contributed by atoms with Gasteiger partial charge in [-0.05, 0) is 6.42 Å². The number of esters is 1. The smallest absolute Gasteiger partial charge is 0.385 e. The van der Waals surface area contributed by atoms with Crippen molar-refractivity contribution in [2.45, 2.75) is 86.9 Å². The molecule has 34 heavy (non-hydrogen) atoms. The molecule has 0 heterocycles. The van der Waals surface area contributed by atoms with Crippen LogP contribution in [0.2, 0.25) is 0 Å². The molecular formula is C16H16F16O2. The lowest BCUT2D eigenvalue weighted by Gasteiger charge is -2.42. The summed E-state index contributed by atoms with van der Waals surface area (Å²) < 4.78 is 214. The summed E-state index contributed by atoms with van der Waals surface area (Å²) in [4.78, 5) is 11.2. The molecule has 0 aromatic carbocycles. The summed E-state index contributed by atoms with van der Waals surface area (Å²) in [5.41, 5.74) is 0. The number of ether oxygens (including phenoxy) is 1. The van der Waals surface area contributed by atoms with Gasteiger partial charge in [0.05, 0.1) is 0 Å². The number of halogens is 16. The fourth-order valence-electron chi connectivity index (χ4n) is 2.20. The van der Waals surface area contributed by atoms with Gasteiger partial charge in [0.2, 0.25) is 0 Å². The zero-order valence-electron chi connectivity index (χ0n) is 16.7. The third-order valence-electron chi connectivity index (χ3n) is 4.38. The summed E-state index contributed by atoms with van der Waals surface area (Å²) in [5, 5.41) is 0. The second-order valence-corrected chi connectivity index (χ2v) is 6.97. The number of rotatable bonds is 14. The van der Waals surface area contributed by atoms with Crippen LogP contribution < -0.4 is 0 Å². The Labute approximate surface area is 180 Å². The highest BCUT2D eigenvalue weighted by atomic mass is 19.4. The maximum Gasteiger partial charge on any atom is 0.385 e. The van der Waals surface area contributed by atoms with Crippen LogP contribution >= 0.6 is 0 Å². The van der Waals surface area contributed by atoms with Crippen LogP contribution in [0.15, 0.2) is 0 Å². The first-order valence-corrected chi connectivity index (χ1v) is 8.98. The van der Waals surface area contributed by atoms with E-state index in [4.69, 9.17) is 0 Å². The molecule has 0 aromatic rings. The van der Waals surface area contributed by atoms with Gasteiger partial charge in [-0.25, -0.2) is 8.78 Å². The molecule has 0 atom stereocenters. The summed E-state index contributed by atoms with van der Waals surface area (Å²) in [5.74, 6) is -56.9. The summed E-state index contributed by atoms with van der Waals surface area (Å²) in [6, 6.07) is 0. The minimum absolute atomic E-state index is 0.0808. The normalized spacial score (nSPS) is 15.1. The van der Waals surface area contributed by atoms with E-state index in [9.17, 15) is 75.0 Å². The van der Waals surface area contributed by atoms with Crippen molar-refractivity contribution in [1.29, 1.82) is 0 Å². The minimum atomic E-state index is -8.46. The Morgan fingerprint density at radius 2 is 1.06 bits per heavy atom. The Hall–Kier alpha value is -1.65. The molecule has 2 nitrogen and oxygen atoms in total. The number of carbonyl (C=O) groups is 1. The van der Waals surface area contributed by atoms with Crippen LogP contribution in [-0.4, -0.2) is 60.5 Å². The van der Waals surface area contributed by atoms with Gasteiger partial charge >= 0.3 is 53.9 Å². The number of alkyl halides is 16. The highest BCUT2D eigenvalue weighted by Crippen LogP contribution is 2.62. The Kier molecular flexibility index (Phi) is 9.65. The second-order valence-electron chi connectivity index (χ2n) is 6.97. The molecule has 0 N–H and O–H groups in total. The lowest BCUT2D eigenvalue weighted by molar-refractivity contribution is -0.447. The fraction of sp³-hybridized carbons (Fsp3) is 0.938. The van der Waals surface area contributed by atoms with Gasteiger partial charge in [0.25, 0.3) is 0 Å². The van der Waals surface area contributed by atoms with Crippen molar-refractivity contribution in [1.82, 2.24) is 0 Å². The van der Waals surface area contributed by atoms with Crippen LogP contribution in [0.25, 0.3) is 0 Å². The standard InChI is InChI=1S/C16H16F16O2/c1-2-3-4-5-6-8(33)34-7-10(19,20)12(23,24)14(27,28)16(31,32)15(29,30)13(25,26)11(21,22)9(17)18/h9H,2-7H2,1H3. The van der Waals surface area contributed by atoms with Crippen LogP contribution in [0.4, 0.5) is 70.2 Å². The predicted octanol–water partition coefficient (Wildman–Crippen LogP) is 7.21. The molecule has 204 valence electrons. The first kappa shape index (κ1) is 32.4. The molecule has 0 fully saturated rings. The molecule has 0 aromatic heterocycles. The number of unbranched alkanes of at least 4 members (excludes halogenated alkanes) is 3. The zero-order valence-corrected chi connectivity index (χ0v) is 16.7. The van der Waals surface area contributed by atoms with E-state index in [1.165, 1.54) is 0 Å². The van der Waals surface area contributed by atoms with Crippen LogP contribution in [0.1, 0.15) is 39.0 Å². The van der Waals surface area contributed by atoms with Crippen LogP contribution in [0, 0.1) is 0 Å². The van der Waals surface area contributed by atoms with Gasteiger partial charge in [-0.2, -0.15) is 61.5 Å². The number of hydrogen-bond acceptors (Lipinski definition) is 2. The molecule has 0 saturated carbocycles. The maximum absolute atomic E-state index is 13.6. The topological polar surface area (TPSA) is 26.3 Å². The van der Waals surface area contributed by atoms with E-state index in [0.717, 1.165) is 0 Å². The Morgan fingerprint density at radius 3 is 1.47 bits per heavy atom. The van der Waals surface area contributed by atoms with Gasteiger partial charge in [0.1, 0.15) is 0 Å². The Morgan fingerprint density at radius 1 is 0.647 bits per heavy atom. The van der Waals surface area contributed by atoms with E-state index in [-0.39, 0.29) is 12.8 Å². The lowest BCUT2D eigenvalue weighted by atomic mass is 9.89. The Balaban J connectivity index is 6.00. The van der Waals surface area contributed by atoms with Gasteiger partial charge < -0.3 is 4.74 Å². The van der Waals surface area contributed by atoms with Crippen molar-refractivity contribution < 1.29 is 79.8 Å². The molecule has 18 heteroatoms. The quantitative estimate of drug-likeness (QED) is 0.131. The molecule has 0 bridgehead atoms. The van der Waals surface area contributed by atoms with E-state index in [1.54, 1.807) is 6.92 Å². The average molecular weight is 544 g/mol. The summed E-state index contributed by atoms with van der Waals surface area (Å²) in [6.07, 6.45) is -5.32.